The molecule has 1 aromatic carbocycles. The van der Waals surface area contributed by atoms with Crippen LogP contribution in [0.1, 0.15) is 16.1 Å². The van der Waals surface area contributed by atoms with Crippen LogP contribution in [0, 0.1) is 6.92 Å². The van der Waals surface area contributed by atoms with E-state index in [1.165, 1.54) is 24.1 Å². The van der Waals surface area contributed by atoms with E-state index in [2.05, 4.69) is 25.8 Å². The molecule has 2 rings (SSSR count). The summed E-state index contributed by atoms with van der Waals surface area (Å²) in [5.74, 6) is -0.742. The molecule has 0 radical (unpaired) electrons. The minimum atomic E-state index is -0.742. The van der Waals surface area contributed by atoms with Gasteiger partial charge < -0.3 is 4.74 Å². The SMILES string of the molecule is COC(=O)c1nn(-c2ccc(Br)cc2C)ccc1=O. The zero-order chi connectivity index (χ0) is 14.0. The number of methoxy groups -OCH3 is 1. The van der Waals surface area contributed by atoms with E-state index in [1.807, 2.05) is 25.1 Å². The van der Waals surface area contributed by atoms with Crippen LogP contribution in [-0.2, 0) is 4.74 Å². The summed E-state index contributed by atoms with van der Waals surface area (Å²) < 4.78 is 6.96. The summed E-state index contributed by atoms with van der Waals surface area (Å²) in [6.07, 6.45) is 1.52. The van der Waals surface area contributed by atoms with Gasteiger partial charge in [0.05, 0.1) is 12.8 Å². The molecule has 0 unspecified atom stereocenters. The lowest BCUT2D eigenvalue weighted by atomic mass is 10.2. The predicted octanol–water partition coefficient (Wildman–Crippen LogP) is 2.09. The second-order valence-electron chi connectivity index (χ2n) is 3.90. The molecular weight excluding hydrogens is 312 g/mol. The maximum atomic E-state index is 11.6. The maximum absolute atomic E-state index is 11.6. The fourth-order valence-electron chi connectivity index (χ4n) is 1.66. The molecule has 6 heteroatoms. The molecule has 19 heavy (non-hydrogen) atoms. The Kier molecular flexibility index (Phi) is 3.80. The Morgan fingerprint density at radius 2 is 2.11 bits per heavy atom. The van der Waals surface area contributed by atoms with E-state index in [0.29, 0.717) is 0 Å². The summed E-state index contributed by atoms with van der Waals surface area (Å²) in [6.45, 7) is 1.91. The number of rotatable bonds is 2. The van der Waals surface area contributed by atoms with Crippen LogP contribution in [0.15, 0.2) is 39.7 Å². The van der Waals surface area contributed by atoms with Crippen molar-refractivity contribution in [3.05, 3.63) is 56.4 Å². The van der Waals surface area contributed by atoms with Crippen molar-refractivity contribution in [3.8, 4) is 5.69 Å². The van der Waals surface area contributed by atoms with E-state index in [9.17, 15) is 9.59 Å². The fourth-order valence-corrected chi connectivity index (χ4v) is 2.13. The molecule has 0 aliphatic heterocycles. The number of hydrogen-bond acceptors (Lipinski definition) is 4. The highest BCUT2D eigenvalue weighted by Crippen LogP contribution is 2.18. The highest BCUT2D eigenvalue weighted by Gasteiger charge is 2.13. The third-order valence-corrected chi connectivity index (χ3v) is 3.09. The molecule has 1 heterocycles. The van der Waals surface area contributed by atoms with Crippen LogP contribution in [0.5, 0.6) is 0 Å². The number of aryl methyl sites for hydroxylation is 1. The minimum absolute atomic E-state index is 0.229. The van der Waals surface area contributed by atoms with Gasteiger partial charge >= 0.3 is 5.97 Å². The molecule has 1 aromatic heterocycles. The number of hydrogen-bond donors (Lipinski definition) is 0. The van der Waals surface area contributed by atoms with E-state index < -0.39 is 11.4 Å². The van der Waals surface area contributed by atoms with Crippen LogP contribution >= 0.6 is 15.9 Å². The highest BCUT2D eigenvalue weighted by molar-refractivity contribution is 9.10. The monoisotopic (exact) mass is 322 g/mol. The van der Waals surface area contributed by atoms with Crippen LogP contribution in [-0.4, -0.2) is 22.9 Å². The maximum Gasteiger partial charge on any atom is 0.362 e. The number of esters is 1. The van der Waals surface area contributed by atoms with Gasteiger partial charge in [0, 0.05) is 16.7 Å². The van der Waals surface area contributed by atoms with Crippen molar-refractivity contribution >= 4 is 21.9 Å². The zero-order valence-electron chi connectivity index (χ0n) is 10.4. The van der Waals surface area contributed by atoms with Gasteiger partial charge in [0.25, 0.3) is 0 Å². The normalized spacial score (nSPS) is 10.3. The summed E-state index contributed by atoms with van der Waals surface area (Å²) in [4.78, 5) is 23.0. The van der Waals surface area contributed by atoms with Gasteiger partial charge in [0.2, 0.25) is 11.1 Å². The van der Waals surface area contributed by atoms with Crippen molar-refractivity contribution in [2.45, 2.75) is 6.92 Å². The van der Waals surface area contributed by atoms with E-state index in [-0.39, 0.29) is 5.69 Å². The molecule has 0 N–H and O–H groups in total. The molecule has 0 aliphatic rings. The third-order valence-electron chi connectivity index (χ3n) is 2.59. The van der Waals surface area contributed by atoms with Crippen LogP contribution in [0.4, 0.5) is 0 Å². The van der Waals surface area contributed by atoms with Gasteiger partial charge in [-0.25, -0.2) is 9.48 Å². The van der Waals surface area contributed by atoms with Crippen molar-refractivity contribution in [1.29, 1.82) is 0 Å². The second kappa shape index (κ2) is 5.36. The van der Waals surface area contributed by atoms with E-state index in [1.54, 1.807) is 0 Å². The largest absolute Gasteiger partial charge is 0.464 e. The lowest BCUT2D eigenvalue weighted by molar-refractivity contribution is 0.0590. The third kappa shape index (κ3) is 2.73. The molecule has 0 saturated carbocycles. The Balaban J connectivity index is 2.57. The van der Waals surface area contributed by atoms with Gasteiger partial charge in [-0.15, -0.1) is 0 Å². The highest BCUT2D eigenvalue weighted by atomic mass is 79.9. The Hall–Kier alpha value is -1.95. The molecule has 98 valence electrons. The number of nitrogens with zero attached hydrogens (tertiary/aromatic N) is 2. The van der Waals surface area contributed by atoms with Gasteiger partial charge in [-0.3, -0.25) is 4.79 Å². The van der Waals surface area contributed by atoms with Crippen LogP contribution in [0.3, 0.4) is 0 Å². The molecule has 0 spiro atoms. The summed E-state index contributed by atoms with van der Waals surface area (Å²) in [7, 11) is 1.21. The molecule has 0 fully saturated rings. The van der Waals surface area contributed by atoms with E-state index in [0.717, 1.165) is 15.7 Å². The predicted molar refractivity (Wildman–Crippen MR) is 73.6 cm³/mol. The first-order valence-electron chi connectivity index (χ1n) is 5.48. The molecule has 0 saturated heterocycles. The first kappa shape index (κ1) is 13.5. The first-order chi connectivity index (χ1) is 9.02. The summed E-state index contributed by atoms with van der Waals surface area (Å²) in [5.41, 5.74) is 1.06. The van der Waals surface area contributed by atoms with E-state index >= 15 is 0 Å². The molecule has 0 amide bonds. The van der Waals surface area contributed by atoms with Crippen LogP contribution in [0.2, 0.25) is 0 Å². The average molecular weight is 323 g/mol. The quantitative estimate of drug-likeness (QED) is 0.794. The summed E-state index contributed by atoms with van der Waals surface area (Å²) in [6, 6.07) is 6.92. The van der Waals surface area contributed by atoms with Crippen LogP contribution < -0.4 is 5.43 Å². The first-order valence-corrected chi connectivity index (χ1v) is 6.27. The zero-order valence-corrected chi connectivity index (χ0v) is 12.0. The molecule has 0 aliphatic carbocycles. The van der Waals surface area contributed by atoms with Gasteiger partial charge in [0.15, 0.2) is 0 Å². The molecule has 0 atom stereocenters. The van der Waals surface area contributed by atoms with Crippen molar-refractivity contribution < 1.29 is 9.53 Å². The van der Waals surface area contributed by atoms with Gasteiger partial charge in [-0.05, 0) is 30.7 Å². The number of carbonyl (C=O) groups excluding carboxylic acids is 1. The van der Waals surface area contributed by atoms with Gasteiger partial charge in [0.1, 0.15) is 0 Å². The standard InChI is InChI=1S/C13H11BrN2O3/c1-8-7-9(14)3-4-10(8)16-6-5-11(17)12(15-16)13(18)19-2/h3-7H,1-2H3. The lowest BCUT2D eigenvalue weighted by Gasteiger charge is -2.09. The second-order valence-corrected chi connectivity index (χ2v) is 4.81. The smallest absolute Gasteiger partial charge is 0.362 e. The Bertz CT molecular complexity index is 695. The molecule has 2 aromatic rings. The van der Waals surface area contributed by atoms with Crippen molar-refractivity contribution in [2.75, 3.05) is 7.11 Å². The van der Waals surface area contributed by atoms with Crippen molar-refractivity contribution in [2.24, 2.45) is 0 Å². The summed E-state index contributed by atoms with van der Waals surface area (Å²) in [5, 5.41) is 4.02. The van der Waals surface area contributed by atoms with E-state index in [4.69, 9.17) is 0 Å². The van der Waals surface area contributed by atoms with Crippen LogP contribution in [0.25, 0.3) is 5.69 Å². The van der Waals surface area contributed by atoms with Gasteiger partial charge in [-0.1, -0.05) is 15.9 Å². The Labute approximate surface area is 118 Å². The topological polar surface area (TPSA) is 61.2 Å². The molecular formula is C13H11BrN2O3. The molecule has 5 nitrogen and oxygen atoms in total. The van der Waals surface area contributed by atoms with Gasteiger partial charge in [-0.2, -0.15) is 5.10 Å². The average Bonchev–Trinajstić information content (AvgIpc) is 2.39. The minimum Gasteiger partial charge on any atom is -0.464 e. The molecule has 0 bridgehead atoms. The number of halogens is 1. The Morgan fingerprint density at radius 1 is 1.37 bits per heavy atom. The number of benzene rings is 1. The Morgan fingerprint density at radius 3 is 2.74 bits per heavy atom. The summed E-state index contributed by atoms with van der Waals surface area (Å²) >= 11 is 3.38. The van der Waals surface area contributed by atoms with Crippen molar-refractivity contribution in [3.63, 3.8) is 0 Å². The van der Waals surface area contributed by atoms with Crippen molar-refractivity contribution in [1.82, 2.24) is 9.78 Å². The lowest BCUT2D eigenvalue weighted by Crippen LogP contribution is -2.21. The number of carbonyl (C=O) groups is 1. The number of aromatic nitrogens is 2. The number of ether oxygens (including phenoxy) is 1. The fraction of sp³-hybridized carbons (Fsp3) is 0.154.